The number of cyclic esters (lactones) is 2. The summed E-state index contributed by atoms with van der Waals surface area (Å²) in [6.45, 7) is 9.91. The molecule has 13 atom stereocenters. The van der Waals surface area contributed by atoms with Crippen molar-refractivity contribution in [2.75, 3.05) is 52.7 Å². The normalized spacial score (nSPS) is 24.0. The minimum Gasteiger partial charge on any atom is -0.495 e. The van der Waals surface area contributed by atoms with E-state index in [1.165, 1.54) is 26.4 Å². The van der Waals surface area contributed by atoms with E-state index in [-0.39, 0.29) is 69.3 Å². The molecule has 2 saturated heterocycles. The van der Waals surface area contributed by atoms with Crippen LogP contribution in [0, 0.1) is 23.2 Å². The van der Waals surface area contributed by atoms with Gasteiger partial charge in [-0.2, -0.15) is 8.42 Å². The number of esters is 2. The summed E-state index contributed by atoms with van der Waals surface area (Å²) < 4.78 is 65.0. The number of carbonyl (C=O) groups is 11. The van der Waals surface area contributed by atoms with E-state index < -0.39 is 210 Å². The zero-order chi connectivity index (χ0) is 74.3. The number of halogens is 1. The zero-order valence-electron chi connectivity index (χ0n) is 57.4. The van der Waals surface area contributed by atoms with Crippen molar-refractivity contribution in [2.45, 2.75) is 186 Å². The molecule has 3 aliphatic heterocycles. The molecule has 2 fully saturated rings. The van der Waals surface area contributed by atoms with Crippen LogP contribution in [-0.4, -0.2) is 223 Å². The Labute approximate surface area is 585 Å². The molecule has 0 saturated carbocycles. The third-order valence-corrected chi connectivity index (χ3v) is 17.8. The lowest BCUT2D eigenvalue weighted by molar-refractivity contribution is -0.288. The first-order valence-corrected chi connectivity index (χ1v) is 34.8. The molecule has 0 aliphatic carbocycles. The average Bonchev–Trinajstić information content (AvgIpc) is 1.63. The van der Waals surface area contributed by atoms with Gasteiger partial charge >= 0.3 is 17.9 Å². The van der Waals surface area contributed by atoms with Crippen molar-refractivity contribution in [1.29, 1.82) is 0 Å². The average molecular weight is 1450 g/mol. The maximum Gasteiger partial charge on any atom is 0.347 e. The Morgan fingerprint density at radius 3 is 2.09 bits per heavy atom. The van der Waals surface area contributed by atoms with Crippen LogP contribution in [0.2, 0.25) is 5.02 Å². The molecule has 5 rings (SSSR count). The van der Waals surface area contributed by atoms with Gasteiger partial charge < -0.3 is 91.0 Å². The highest BCUT2D eigenvalue weighted by molar-refractivity contribution is 7.85. The summed E-state index contributed by atoms with van der Waals surface area (Å²) in [4.78, 5) is 148. The maximum absolute atomic E-state index is 14.2. The second-order valence-electron chi connectivity index (χ2n) is 26.2. The fourth-order valence-corrected chi connectivity index (χ4v) is 11.4. The number of nitrogens with zero attached hydrogens (tertiary/aromatic N) is 1. The van der Waals surface area contributed by atoms with Gasteiger partial charge in [0.25, 0.3) is 10.1 Å². The van der Waals surface area contributed by atoms with E-state index in [0.29, 0.717) is 22.4 Å². The van der Waals surface area contributed by atoms with E-state index in [1.807, 2.05) is 13.8 Å². The lowest BCUT2D eigenvalue weighted by atomic mass is 9.92. The summed E-state index contributed by atoms with van der Waals surface area (Å²) in [6, 6.07) is 7.96. The number of aliphatic hydroxyl groups is 3. The summed E-state index contributed by atoms with van der Waals surface area (Å²) in [5.41, 5.74) is 0.523. The molecule has 0 spiro atoms. The van der Waals surface area contributed by atoms with Crippen molar-refractivity contribution >= 4 is 86.9 Å². The van der Waals surface area contributed by atoms with Crippen molar-refractivity contribution in [3.8, 4) is 5.75 Å². The topological polar surface area (TPSA) is 469 Å². The smallest absolute Gasteiger partial charge is 0.347 e. The number of epoxide rings is 1. The minimum atomic E-state index is -4.38. The van der Waals surface area contributed by atoms with E-state index in [9.17, 15) is 81.6 Å². The first-order valence-electron chi connectivity index (χ1n) is 32.8. The second kappa shape index (κ2) is 38.8. The quantitative estimate of drug-likeness (QED) is 0.0258. The molecule has 2 aromatic rings. The van der Waals surface area contributed by atoms with Crippen LogP contribution in [0.5, 0.6) is 5.75 Å². The molecule has 100 heavy (non-hydrogen) atoms. The predicted octanol–water partition coefficient (Wildman–Crippen LogP) is 0.194. The molecule has 2 aromatic carbocycles. The Kier molecular flexibility index (Phi) is 32.1. The van der Waals surface area contributed by atoms with Gasteiger partial charge in [-0.3, -0.25) is 52.5 Å². The zero-order valence-corrected chi connectivity index (χ0v) is 59.0. The first kappa shape index (κ1) is 82.8. The van der Waals surface area contributed by atoms with Crippen molar-refractivity contribution in [2.24, 2.45) is 23.2 Å². The van der Waals surface area contributed by atoms with Crippen LogP contribution in [0.4, 0.5) is 0 Å². The number of aliphatic carboxylic acids is 1. The van der Waals surface area contributed by atoms with E-state index in [2.05, 4.69) is 37.2 Å². The van der Waals surface area contributed by atoms with Gasteiger partial charge in [0.2, 0.25) is 47.3 Å². The van der Waals surface area contributed by atoms with Crippen LogP contribution in [-0.2, 0) is 99.5 Å². The van der Waals surface area contributed by atoms with Crippen molar-refractivity contribution in [3.05, 3.63) is 76.3 Å². The number of benzene rings is 2. The Bertz CT molecular complexity index is 3340. The maximum atomic E-state index is 14.2. The van der Waals surface area contributed by atoms with Gasteiger partial charge in [0.05, 0.1) is 35.8 Å². The molecule has 32 nitrogen and oxygen atoms in total. The van der Waals surface area contributed by atoms with Crippen LogP contribution in [0.1, 0.15) is 123 Å². The van der Waals surface area contributed by atoms with E-state index in [1.54, 1.807) is 77.1 Å². The third-order valence-electron chi connectivity index (χ3n) is 16.8. The first-order chi connectivity index (χ1) is 47.0. The standard InChI is InChI=1S/C66H95ClN8O24S/c1-35(2)29-46-63(89)96-44(11-10-12-50(78)72-43(31-39-15-19-45(94-8)41(67)30-39)61(87)71-34-66(6,7)65(90)98-46)37(5)58-59(99-58)40-16-13-38(14-17-40)32-70-60(86)42(18-20-49(77)69-33-47-55(83)56(84)57(85)64(95-9)97-47)73-62(88)54(36(3)4)74-51(79)23-26-75(27-24-53(81)82)52(80)22-21-48(76)68-25-28-100(91,92)93/h10,12-17,19,30,35-37,42-44,46-47,54-59,64,83-85H,11,18,20-29,31-34H2,1-9H3,(H,68,76)(H,69,77)(H,70,86)(H,71,87)(H,72,78)(H,73,88)(H,74,79)(H,81,82)(H,91,92,93)/b12-10-/t37-,42-,43+,44-,46-,47+,54-,55+,56-,57+,58+,59+,64+/m0/s1. The minimum absolute atomic E-state index is 0.00416. The van der Waals surface area contributed by atoms with Gasteiger partial charge in [0.15, 0.2) is 12.4 Å². The van der Waals surface area contributed by atoms with Gasteiger partial charge in [0.1, 0.15) is 60.5 Å². The molecular formula is C66H95ClN8O24S. The number of nitrogens with one attached hydrogen (secondary N) is 7. The molecule has 8 amide bonds. The predicted molar refractivity (Wildman–Crippen MR) is 355 cm³/mol. The van der Waals surface area contributed by atoms with Crippen LogP contribution < -0.4 is 42.0 Å². The Morgan fingerprint density at radius 2 is 1.46 bits per heavy atom. The Morgan fingerprint density at radius 1 is 0.790 bits per heavy atom. The molecule has 0 unspecified atom stereocenters. The lowest BCUT2D eigenvalue weighted by Gasteiger charge is -2.39. The summed E-state index contributed by atoms with van der Waals surface area (Å²) in [5.74, 6) is -10.3. The fraction of sp³-hybridized carbons (Fsp3) is 0.621. The number of aliphatic hydroxyl groups excluding tert-OH is 3. The Balaban J connectivity index is 1.29. The number of carboxylic acids is 1. The highest BCUT2D eigenvalue weighted by Gasteiger charge is 2.49. The SMILES string of the molecule is COc1ccc(C[C@H]2NC(=O)/C=C\C[C@@H]([C@H](C)[C@H]3O[C@@H]3c3ccc(CNC(=O)[C@H](CCC(=O)NC[C@H]4O[C@@H](OC)[C@H](O)[C@@H](O)[C@@H]4O)NC(=O)[C@@H](NC(=O)CCN(CCC(=O)O)C(=O)CCC(=O)NCCS(=O)(=O)O)C(C)C)cc3)OC(=O)[C@H](CC(C)C)OC(=O)C(C)(C)CNC2=O)cc1Cl. The number of amides is 8. The lowest BCUT2D eigenvalue weighted by Crippen LogP contribution is -2.60. The third kappa shape index (κ3) is 26.6. The van der Waals surface area contributed by atoms with Crippen LogP contribution in [0.3, 0.4) is 0 Å². The molecule has 0 radical (unpaired) electrons. The van der Waals surface area contributed by atoms with Crippen LogP contribution >= 0.6 is 11.6 Å². The number of carbonyl (C=O) groups excluding carboxylic acids is 10. The van der Waals surface area contributed by atoms with E-state index >= 15 is 0 Å². The molecule has 3 aliphatic rings. The van der Waals surface area contributed by atoms with Crippen molar-refractivity contribution in [1.82, 2.24) is 42.1 Å². The molecular weight excluding hydrogens is 1360 g/mol. The molecule has 556 valence electrons. The largest absolute Gasteiger partial charge is 0.495 e. The summed E-state index contributed by atoms with van der Waals surface area (Å²) in [5, 5.41) is 59.0. The number of hydrogen-bond acceptors (Lipinski definition) is 22. The number of methoxy groups -OCH3 is 2. The van der Waals surface area contributed by atoms with Gasteiger partial charge in [-0.15, -0.1) is 0 Å². The summed E-state index contributed by atoms with van der Waals surface area (Å²) in [7, 11) is -1.72. The van der Waals surface area contributed by atoms with E-state index in [0.717, 1.165) is 4.90 Å². The summed E-state index contributed by atoms with van der Waals surface area (Å²) >= 11 is 6.39. The Hall–Kier alpha value is -7.89. The molecule has 12 N–H and O–H groups in total. The number of rotatable bonds is 33. The van der Waals surface area contributed by atoms with Crippen LogP contribution in [0.15, 0.2) is 54.6 Å². The van der Waals surface area contributed by atoms with Gasteiger partial charge in [-0.05, 0) is 73.4 Å². The fourth-order valence-electron chi connectivity index (χ4n) is 10.7. The monoisotopic (exact) mass is 1450 g/mol. The summed E-state index contributed by atoms with van der Waals surface area (Å²) in [6.07, 6.45) is -10.6. The molecule has 0 bridgehead atoms. The highest BCUT2D eigenvalue weighted by Crippen LogP contribution is 2.45. The molecule has 34 heteroatoms. The van der Waals surface area contributed by atoms with E-state index in [4.69, 9.17) is 44.6 Å². The highest BCUT2D eigenvalue weighted by atomic mass is 35.5. The van der Waals surface area contributed by atoms with Crippen molar-refractivity contribution in [3.63, 3.8) is 0 Å². The van der Waals surface area contributed by atoms with Gasteiger partial charge in [-0.1, -0.05) is 82.6 Å². The second-order valence-corrected chi connectivity index (χ2v) is 28.1. The number of hydrogen-bond donors (Lipinski definition) is 12. The van der Waals surface area contributed by atoms with Crippen LogP contribution in [0.25, 0.3) is 0 Å². The van der Waals surface area contributed by atoms with Gasteiger partial charge in [-0.25, -0.2) is 4.79 Å². The number of carboxylic acid groups (broad SMARTS) is 1. The molecule has 0 aromatic heterocycles. The molecule has 3 heterocycles. The van der Waals surface area contributed by atoms with Crippen molar-refractivity contribution < 1.29 is 115 Å². The van der Waals surface area contributed by atoms with Gasteiger partial charge in [0, 0.05) is 90.8 Å². The number of ether oxygens (including phenoxy) is 6.